The average molecular weight is 274 g/mol. The molecule has 1 N–H and O–H groups in total. The Hall–Kier alpha value is -0.610. The first kappa shape index (κ1) is 11.9. The second kappa shape index (κ2) is 5.15. The summed E-state index contributed by atoms with van der Waals surface area (Å²) in [6, 6.07) is 5.43. The SMILES string of the molecule is OCc1csc(Cc2c(Cl)cccc2Cl)n1. The van der Waals surface area contributed by atoms with Crippen LogP contribution in [0, 0.1) is 0 Å². The van der Waals surface area contributed by atoms with Crippen LogP contribution in [0.25, 0.3) is 0 Å². The van der Waals surface area contributed by atoms with E-state index in [-0.39, 0.29) is 6.61 Å². The highest BCUT2D eigenvalue weighted by molar-refractivity contribution is 7.09. The van der Waals surface area contributed by atoms with E-state index in [2.05, 4.69) is 4.98 Å². The maximum Gasteiger partial charge on any atom is 0.0974 e. The van der Waals surface area contributed by atoms with Gasteiger partial charge in [0.15, 0.2) is 0 Å². The van der Waals surface area contributed by atoms with Gasteiger partial charge in [-0.25, -0.2) is 4.98 Å². The highest BCUT2D eigenvalue weighted by Crippen LogP contribution is 2.27. The molecule has 0 radical (unpaired) electrons. The second-order valence-corrected chi connectivity index (χ2v) is 5.02. The molecular formula is C11H9Cl2NOS. The van der Waals surface area contributed by atoms with E-state index < -0.39 is 0 Å². The molecule has 16 heavy (non-hydrogen) atoms. The van der Waals surface area contributed by atoms with E-state index >= 15 is 0 Å². The van der Waals surface area contributed by atoms with E-state index in [4.69, 9.17) is 28.3 Å². The average Bonchev–Trinajstić information content (AvgIpc) is 2.71. The summed E-state index contributed by atoms with van der Waals surface area (Å²) in [7, 11) is 0. The molecule has 0 aliphatic carbocycles. The van der Waals surface area contributed by atoms with Crippen LogP contribution in [0.4, 0.5) is 0 Å². The number of rotatable bonds is 3. The molecule has 0 amide bonds. The molecule has 0 saturated carbocycles. The number of hydrogen-bond acceptors (Lipinski definition) is 3. The van der Waals surface area contributed by atoms with Crippen molar-refractivity contribution in [1.29, 1.82) is 0 Å². The maximum atomic E-state index is 8.92. The summed E-state index contributed by atoms with van der Waals surface area (Å²) in [5.74, 6) is 0. The predicted molar refractivity (Wildman–Crippen MR) is 67.3 cm³/mol. The molecule has 0 aliphatic rings. The third kappa shape index (κ3) is 2.55. The normalized spacial score (nSPS) is 10.7. The van der Waals surface area contributed by atoms with Crippen LogP contribution in [0.1, 0.15) is 16.3 Å². The topological polar surface area (TPSA) is 33.1 Å². The van der Waals surface area contributed by atoms with Gasteiger partial charge < -0.3 is 5.11 Å². The Kier molecular flexibility index (Phi) is 3.82. The van der Waals surface area contributed by atoms with Crippen molar-refractivity contribution in [3.63, 3.8) is 0 Å². The summed E-state index contributed by atoms with van der Waals surface area (Å²) in [6.45, 7) is -0.0350. The lowest BCUT2D eigenvalue weighted by Crippen LogP contribution is -1.91. The Balaban J connectivity index is 2.26. The molecule has 84 valence electrons. The van der Waals surface area contributed by atoms with Crippen LogP contribution in [0.3, 0.4) is 0 Å². The van der Waals surface area contributed by atoms with Crippen LogP contribution in [-0.4, -0.2) is 10.1 Å². The molecule has 5 heteroatoms. The fourth-order valence-electron chi connectivity index (χ4n) is 1.36. The van der Waals surface area contributed by atoms with Gasteiger partial charge in [0.05, 0.1) is 17.3 Å². The Morgan fingerprint density at radius 3 is 2.50 bits per heavy atom. The van der Waals surface area contributed by atoms with Gasteiger partial charge in [-0.2, -0.15) is 0 Å². The minimum atomic E-state index is -0.0350. The lowest BCUT2D eigenvalue weighted by molar-refractivity contribution is 0.277. The number of hydrogen-bond donors (Lipinski definition) is 1. The largest absolute Gasteiger partial charge is 0.390 e. The minimum Gasteiger partial charge on any atom is -0.390 e. The summed E-state index contributed by atoms with van der Waals surface area (Å²) in [5.41, 5.74) is 1.56. The Bertz CT molecular complexity index is 478. The zero-order valence-electron chi connectivity index (χ0n) is 8.28. The van der Waals surface area contributed by atoms with Crippen molar-refractivity contribution in [2.45, 2.75) is 13.0 Å². The van der Waals surface area contributed by atoms with Crippen molar-refractivity contribution >= 4 is 34.5 Å². The molecule has 2 rings (SSSR count). The molecule has 2 aromatic rings. The molecule has 0 unspecified atom stereocenters. The standard InChI is InChI=1S/C11H9Cl2NOS/c12-9-2-1-3-10(13)8(9)4-11-14-7(5-15)6-16-11/h1-3,6,15H,4-5H2. The van der Waals surface area contributed by atoms with Crippen LogP contribution < -0.4 is 0 Å². The Labute approximate surface area is 107 Å². The van der Waals surface area contributed by atoms with Gasteiger partial charge in [0.25, 0.3) is 0 Å². The van der Waals surface area contributed by atoms with Gasteiger partial charge in [0, 0.05) is 21.8 Å². The smallest absolute Gasteiger partial charge is 0.0974 e. The van der Waals surface area contributed by atoms with Crippen molar-refractivity contribution in [1.82, 2.24) is 4.98 Å². The van der Waals surface area contributed by atoms with Crippen LogP contribution in [-0.2, 0) is 13.0 Å². The fraction of sp³-hybridized carbons (Fsp3) is 0.182. The zero-order valence-corrected chi connectivity index (χ0v) is 10.6. The van der Waals surface area contributed by atoms with Gasteiger partial charge in [-0.1, -0.05) is 29.3 Å². The van der Waals surface area contributed by atoms with Crippen molar-refractivity contribution < 1.29 is 5.11 Å². The van der Waals surface area contributed by atoms with Crippen molar-refractivity contribution in [3.05, 3.63) is 49.9 Å². The maximum absolute atomic E-state index is 8.92. The summed E-state index contributed by atoms with van der Waals surface area (Å²) in [6.07, 6.45) is 0.600. The van der Waals surface area contributed by atoms with E-state index in [9.17, 15) is 0 Å². The number of aromatic nitrogens is 1. The van der Waals surface area contributed by atoms with Crippen molar-refractivity contribution in [2.24, 2.45) is 0 Å². The van der Waals surface area contributed by atoms with Gasteiger partial charge in [0.1, 0.15) is 0 Å². The lowest BCUT2D eigenvalue weighted by Gasteiger charge is -2.03. The van der Waals surface area contributed by atoms with E-state index in [1.165, 1.54) is 11.3 Å². The third-order valence-electron chi connectivity index (χ3n) is 2.15. The predicted octanol–water partition coefficient (Wildman–Crippen LogP) is 3.53. The molecule has 0 fully saturated rings. The highest BCUT2D eigenvalue weighted by atomic mass is 35.5. The monoisotopic (exact) mass is 273 g/mol. The first-order valence-corrected chi connectivity index (χ1v) is 6.31. The summed E-state index contributed by atoms with van der Waals surface area (Å²) >= 11 is 13.6. The zero-order chi connectivity index (χ0) is 11.5. The Morgan fingerprint density at radius 2 is 1.94 bits per heavy atom. The van der Waals surface area contributed by atoms with Crippen LogP contribution in [0.5, 0.6) is 0 Å². The fourth-order valence-corrected chi connectivity index (χ4v) is 2.68. The first-order chi connectivity index (χ1) is 7.70. The summed E-state index contributed by atoms with van der Waals surface area (Å²) in [5, 5.41) is 12.9. The van der Waals surface area contributed by atoms with Crippen LogP contribution >= 0.6 is 34.5 Å². The molecule has 1 aromatic heterocycles. The number of aliphatic hydroxyl groups excluding tert-OH is 1. The van der Waals surface area contributed by atoms with Crippen LogP contribution in [0.15, 0.2) is 23.6 Å². The van der Waals surface area contributed by atoms with E-state index in [0.29, 0.717) is 22.2 Å². The highest BCUT2D eigenvalue weighted by Gasteiger charge is 2.09. The number of benzene rings is 1. The molecule has 0 bridgehead atoms. The van der Waals surface area contributed by atoms with Gasteiger partial charge in [-0.3, -0.25) is 0 Å². The minimum absolute atomic E-state index is 0.0350. The van der Waals surface area contributed by atoms with Crippen molar-refractivity contribution in [3.8, 4) is 0 Å². The van der Waals surface area contributed by atoms with Gasteiger partial charge in [-0.05, 0) is 17.7 Å². The molecule has 0 saturated heterocycles. The summed E-state index contributed by atoms with van der Waals surface area (Å²) < 4.78 is 0. The third-order valence-corrected chi connectivity index (χ3v) is 3.76. The van der Waals surface area contributed by atoms with E-state index in [1.54, 1.807) is 0 Å². The molecule has 0 atom stereocenters. The second-order valence-electron chi connectivity index (χ2n) is 3.27. The molecule has 2 nitrogen and oxygen atoms in total. The number of halogens is 2. The molecular weight excluding hydrogens is 265 g/mol. The quantitative estimate of drug-likeness (QED) is 0.928. The first-order valence-electron chi connectivity index (χ1n) is 4.67. The number of aliphatic hydroxyl groups is 1. The van der Waals surface area contributed by atoms with E-state index in [0.717, 1.165) is 10.6 Å². The molecule has 1 aromatic carbocycles. The molecule has 0 aliphatic heterocycles. The van der Waals surface area contributed by atoms with Crippen molar-refractivity contribution in [2.75, 3.05) is 0 Å². The van der Waals surface area contributed by atoms with Gasteiger partial charge in [-0.15, -0.1) is 11.3 Å². The van der Waals surface area contributed by atoms with Gasteiger partial charge >= 0.3 is 0 Å². The number of nitrogens with zero attached hydrogens (tertiary/aromatic N) is 1. The molecule has 1 heterocycles. The Morgan fingerprint density at radius 1 is 1.25 bits per heavy atom. The van der Waals surface area contributed by atoms with Gasteiger partial charge in [0.2, 0.25) is 0 Å². The number of thiazole rings is 1. The van der Waals surface area contributed by atoms with Crippen LogP contribution in [0.2, 0.25) is 10.0 Å². The molecule has 0 spiro atoms. The summed E-state index contributed by atoms with van der Waals surface area (Å²) in [4.78, 5) is 4.26. The van der Waals surface area contributed by atoms with E-state index in [1.807, 2.05) is 23.6 Å². The lowest BCUT2D eigenvalue weighted by atomic mass is 10.1.